The SMILES string of the molecule is COc1ccc(-c2nc3n(n2)C(c2ccccn2)C(C(N)=O)=C(C)N3)cc1. The highest BCUT2D eigenvalue weighted by molar-refractivity contribution is 5.95. The lowest BCUT2D eigenvalue weighted by atomic mass is 9.99. The number of nitrogens with zero attached hydrogens (tertiary/aromatic N) is 4. The largest absolute Gasteiger partial charge is 0.497 e. The van der Waals surface area contributed by atoms with E-state index in [1.165, 1.54) is 0 Å². The molecule has 1 aromatic carbocycles. The summed E-state index contributed by atoms with van der Waals surface area (Å²) in [6, 6.07) is 12.4. The summed E-state index contributed by atoms with van der Waals surface area (Å²) in [5, 5.41) is 7.74. The van der Waals surface area contributed by atoms with Crippen molar-refractivity contribution in [3.8, 4) is 17.1 Å². The van der Waals surface area contributed by atoms with Gasteiger partial charge in [0, 0.05) is 17.5 Å². The van der Waals surface area contributed by atoms with Gasteiger partial charge in [-0.05, 0) is 43.3 Å². The minimum atomic E-state index is -0.542. The molecule has 3 aromatic rings. The molecule has 136 valence electrons. The minimum Gasteiger partial charge on any atom is -0.497 e. The van der Waals surface area contributed by atoms with Gasteiger partial charge in [-0.2, -0.15) is 4.98 Å². The zero-order chi connectivity index (χ0) is 19.0. The first-order valence-electron chi connectivity index (χ1n) is 8.38. The molecule has 8 heteroatoms. The number of nitrogens with one attached hydrogen (secondary N) is 1. The second kappa shape index (κ2) is 6.56. The number of aromatic nitrogens is 4. The fourth-order valence-electron chi connectivity index (χ4n) is 3.14. The number of rotatable bonds is 4. The summed E-state index contributed by atoms with van der Waals surface area (Å²) in [7, 11) is 1.61. The van der Waals surface area contributed by atoms with Crippen molar-refractivity contribution < 1.29 is 9.53 Å². The molecule has 0 fully saturated rings. The Hall–Kier alpha value is -3.68. The van der Waals surface area contributed by atoms with Crippen molar-refractivity contribution in [2.75, 3.05) is 12.4 Å². The lowest BCUT2D eigenvalue weighted by Crippen LogP contribution is -2.32. The molecule has 8 nitrogen and oxygen atoms in total. The lowest BCUT2D eigenvalue weighted by Gasteiger charge is -2.26. The van der Waals surface area contributed by atoms with Gasteiger partial charge in [-0.25, -0.2) is 4.68 Å². The first kappa shape index (κ1) is 16.8. The highest BCUT2D eigenvalue weighted by atomic mass is 16.5. The molecule has 27 heavy (non-hydrogen) atoms. The van der Waals surface area contributed by atoms with Crippen molar-refractivity contribution in [3.63, 3.8) is 0 Å². The number of hydrogen-bond acceptors (Lipinski definition) is 6. The van der Waals surface area contributed by atoms with Crippen molar-refractivity contribution in [3.05, 3.63) is 65.6 Å². The number of anilines is 1. The van der Waals surface area contributed by atoms with Crippen molar-refractivity contribution in [1.82, 2.24) is 19.7 Å². The van der Waals surface area contributed by atoms with Crippen LogP contribution in [0.1, 0.15) is 18.7 Å². The van der Waals surface area contributed by atoms with E-state index in [0.29, 0.717) is 28.7 Å². The summed E-state index contributed by atoms with van der Waals surface area (Å²) in [5.41, 5.74) is 8.20. The number of allylic oxidation sites excluding steroid dienone is 1. The number of primary amides is 1. The highest BCUT2D eigenvalue weighted by Crippen LogP contribution is 2.35. The van der Waals surface area contributed by atoms with Crippen molar-refractivity contribution in [2.24, 2.45) is 5.73 Å². The van der Waals surface area contributed by atoms with Gasteiger partial charge in [-0.1, -0.05) is 6.07 Å². The summed E-state index contributed by atoms with van der Waals surface area (Å²) in [4.78, 5) is 21.1. The molecule has 3 heterocycles. The van der Waals surface area contributed by atoms with E-state index < -0.39 is 11.9 Å². The van der Waals surface area contributed by atoms with Crippen molar-refractivity contribution in [2.45, 2.75) is 13.0 Å². The number of methoxy groups -OCH3 is 1. The van der Waals surface area contributed by atoms with E-state index in [1.54, 1.807) is 24.9 Å². The van der Waals surface area contributed by atoms with Crippen molar-refractivity contribution >= 4 is 11.9 Å². The molecular formula is C19H18N6O2. The number of pyridine rings is 1. The van der Waals surface area contributed by atoms with Gasteiger partial charge in [0.05, 0.1) is 18.4 Å². The Morgan fingerprint density at radius 1 is 1.22 bits per heavy atom. The Bertz CT molecular complexity index is 1020. The first-order chi connectivity index (χ1) is 13.1. The van der Waals surface area contributed by atoms with Crippen LogP contribution in [0.3, 0.4) is 0 Å². The molecule has 0 bridgehead atoms. The maximum Gasteiger partial charge on any atom is 0.248 e. The monoisotopic (exact) mass is 362 g/mol. The number of amides is 1. The molecule has 1 aliphatic rings. The number of ether oxygens (including phenoxy) is 1. The second-order valence-corrected chi connectivity index (χ2v) is 6.12. The predicted octanol–water partition coefficient (Wildman–Crippen LogP) is 2.12. The van der Waals surface area contributed by atoms with Crippen LogP contribution < -0.4 is 15.8 Å². The molecule has 0 aliphatic carbocycles. The molecule has 1 unspecified atom stereocenters. The summed E-state index contributed by atoms with van der Waals surface area (Å²) in [6.07, 6.45) is 1.67. The minimum absolute atomic E-state index is 0.410. The molecule has 1 aliphatic heterocycles. The molecule has 1 amide bonds. The van der Waals surface area contributed by atoms with Crippen LogP contribution in [0.4, 0.5) is 5.95 Å². The van der Waals surface area contributed by atoms with Gasteiger partial charge in [0.1, 0.15) is 11.8 Å². The van der Waals surface area contributed by atoms with Crippen LogP contribution >= 0.6 is 0 Å². The number of fused-ring (bicyclic) bond motifs is 1. The van der Waals surface area contributed by atoms with Crippen LogP contribution in [0.15, 0.2) is 59.9 Å². The highest BCUT2D eigenvalue weighted by Gasteiger charge is 2.34. The number of carbonyl (C=O) groups excluding carboxylic acids is 1. The topological polar surface area (TPSA) is 108 Å². The maximum absolute atomic E-state index is 12.1. The molecular weight excluding hydrogens is 344 g/mol. The van der Waals surface area contributed by atoms with Crippen LogP contribution in [0, 0.1) is 0 Å². The Morgan fingerprint density at radius 2 is 2.00 bits per heavy atom. The fourth-order valence-corrected chi connectivity index (χ4v) is 3.14. The molecule has 0 radical (unpaired) electrons. The van der Waals surface area contributed by atoms with E-state index in [-0.39, 0.29) is 0 Å². The van der Waals surface area contributed by atoms with E-state index in [9.17, 15) is 4.79 Å². The Kier molecular flexibility index (Phi) is 4.08. The second-order valence-electron chi connectivity index (χ2n) is 6.12. The van der Waals surface area contributed by atoms with E-state index in [0.717, 1.165) is 11.3 Å². The average Bonchev–Trinajstić information content (AvgIpc) is 3.11. The van der Waals surface area contributed by atoms with Gasteiger partial charge in [0.25, 0.3) is 0 Å². The normalized spacial score (nSPS) is 15.9. The van der Waals surface area contributed by atoms with E-state index in [1.807, 2.05) is 42.5 Å². The molecule has 1 atom stereocenters. The standard InChI is InChI=1S/C19H18N6O2/c1-11-15(17(20)26)16(14-5-3-4-10-21-14)25-19(22-11)23-18(24-25)12-6-8-13(27-2)9-7-12/h3-10,16H,1-2H3,(H2,20,26)(H,22,23,24). The summed E-state index contributed by atoms with van der Waals surface area (Å²) in [6.45, 7) is 1.79. The van der Waals surface area contributed by atoms with Gasteiger partial charge >= 0.3 is 0 Å². The zero-order valence-corrected chi connectivity index (χ0v) is 14.9. The summed E-state index contributed by atoms with van der Waals surface area (Å²) >= 11 is 0. The molecule has 0 spiro atoms. The van der Waals surface area contributed by atoms with Gasteiger partial charge in [0.2, 0.25) is 11.9 Å². The summed E-state index contributed by atoms with van der Waals surface area (Å²) < 4.78 is 6.84. The molecule has 3 N–H and O–H groups in total. The molecule has 2 aromatic heterocycles. The van der Waals surface area contributed by atoms with Gasteiger partial charge < -0.3 is 15.8 Å². The predicted molar refractivity (Wildman–Crippen MR) is 99.9 cm³/mol. The molecule has 4 rings (SSSR count). The van der Waals surface area contributed by atoms with Crippen LogP contribution in [0.5, 0.6) is 5.75 Å². The van der Waals surface area contributed by atoms with E-state index in [4.69, 9.17) is 10.5 Å². The smallest absolute Gasteiger partial charge is 0.248 e. The van der Waals surface area contributed by atoms with Gasteiger partial charge in [-0.15, -0.1) is 5.10 Å². The maximum atomic E-state index is 12.1. The Labute approximate surface area is 155 Å². The number of benzene rings is 1. The summed E-state index contributed by atoms with van der Waals surface area (Å²) in [5.74, 6) is 1.28. The number of hydrogen-bond donors (Lipinski definition) is 2. The molecule has 0 saturated heterocycles. The molecule has 0 saturated carbocycles. The van der Waals surface area contributed by atoms with Crippen LogP contribution in [-0.4, -0.2) is 32.8 Å². The fraction of sp³-hybridized carbons (Fsp3) is 0.158. The van der Waals surface area contributed by atoms with E-state index >= 15 is 0 Å². The first-order valence-corrected chi connectivity index (χ1v) is 8.38. The van der Waals surface area contributed by atoms with Crippen molar-refractivity contribution in [1.29, 1.82) is 0 Å². The third-order valence-corrected chi connectivity index (χ3v) is 4.43. The van der Waals surface area contributed by atoms with Crippen LogP contribution in [0.2, 0.25) is 0 Å². The van der Waals surface area contributed by atoms with Gasteiger partial charge in [0.15, 0.2) is 5.82 Å². The third kappa shape index (κ3) is 2.91. The third-order valence-electron chi connectivity index (χ3n) is 4.43. The number of nitrogens with two attached hydrogens (primary N) is 1. The van der Waals surface area contributed by atoms with Crippen LogP contribution in [0.25, 0.3) is 11.4 Å². The number of carbonyl (C=O) groups is 1. The van der Waals surface area contributed by atoms with Crippen LogP contribution in [-0.2, 0) is 4.79 Å². The zero-order valence-electron chi connectivity index (χ0n) is 14.9. The quantitative estimate of drug-likeness (QED) is 0.736. The Morgan fingerprint density at radius 3 is 2.63 bits per heavy atom. The lowest BCUT2D eigenvalue weighted by molar-refractivity contribution is -0.115. The Balaban J connectivity index is 1.83. The average molecular weight is 362 g/mol. The van der Waals surface area contributed by atoms with E-state index in [2.05, 4.69) is 20.4 Å². The van der Waals surface area contributed by atoms with Gasteiger partial charge in [-0.3, -0.25) is 9.78 Å².